The molecule has 1 aromatic heterocycles. The maximum Gasteiger partial charge on any atom is 0.266 e. The molecule has 0 unspecified atom stereocenters. The van der Waals surface area contributed by atoms with E-state index in [1.54, 1.807) is 74.9 Å². The molecule has 4 aromatic rings. The number of hydrogen-bond acceptors (Lipinski definition) is 6. The molecule has 166 valence electrons. The minimum absolute atomic E-state index is 0.251. The van der Waals surface area contributed by atoms with Crippen LogP contribution in [0.1, 0.15) is 9.67 Å². The zero-order valence-corrected chi connectivity index (χ0v) is 18.8. The molecule has 0 bridgehead atoms. The number of carbonyl (C=O) groups excluding carboxylic acids is 1. The van der Waals surface area contributed by atoms with E-state index >= 15 is 0 Å². The molecule has 7 nitrogen and oxygen atoms in total. The lowest BCUT2D eigenvalue weighted by Gasteiger charge is -2.10. The van der Waals surface area contributed by atoms with Crippen LogP contribution in [0.25, 0.3) is 5.69 Å². The summed E-state index contributed by atoms with van der Waals surface area (Å²) in [4.78, 5) is 31.3. The summed E-state index contributed by atoms with van der Waals surface area (Å²) >= 11 is 1.12. The van der Waals surface area contributed by atoms with Crippen molar-refractivity contribution in [2.75, 3.05) is 19.5 Å². The van der Waals surface area contributed by atoms with Crippen LogP contribution in [0.5, 0.6) is 11.5 Å². The SMILES string of the molecule is COc1ccc(N=c2sc(C(=O)Nc3ccccc3)cc(=O)n2-c2ccc(OC)cc2)cc1. The van der Waals surface area contributed by atoms with E-state index < -0.39 is 0 Å². The molecule has 1 amide bonds. The molecule has 0 saturated heterocycles. The van der Waals surface area contributed by atoms with Crippen molar-refractivity contribution >= 4 is 28.6 Å². The minimum Gasteiger partial charge on any atom is -0.497 e. The van der Waals surface area contributed by atoms with Crippen LogP contribution in [-0.2, 0) is 0 Å². The highest BCUT2D eigenvalue weighted by Crippen LogP contribution is 2.18. The van der Waals surface area contributed by atoms with Gasteiger partial charge in [-0.25, -0.2) is 4.99 Å². The molecular formula is C25H21N3O4S. The Hall–Kier alpha value is -4.17. The predicted molar refractivity (Wildman–Crippen MR) is 129 cm³/mol. The van der Waals surface area contributed by atoms with E-state index in [4.69, 9.17) is 9.47 Å². The topological polar surface area (TPSA) is 81.9 Å². The van der Waals surface area contributed by atoms with Crippen molar-refractivity contribution in [3.05, 3.63) is 105 Å². The minimum atomic E-state index is -0.378. The van der Waals surface area contributed by atoms with Crippen molar-refractivity contribution in [3.63, 3.8) is 0 Å². The molecule has 0 radical (unpaired) electrons. The van der Waals surface area contributed by atoms with Crippen molar-refractivity contribution < 1.29 is 14.3 Å². The predicted octanol–water partition coefficient (Wildman–Crippen LogP) is 4.40. The fourth-order valence-corrected chi connectivity index (χ4v) is 4.02. The van der Waals surface area contributed by atoms with Gasteiger partial charge >= 0.3 is 0 Å². The summed E-state index contributed by atoms with van der Waals surface area (Å²) in [6, 6.07) is 24.6. The van der Waals surface area contributed by atoms with Gasteiger partial charge in [0.1, 0.15) is 16.4 Å². The van der Waals surface area contributed by atoms with E-state index in [-0.39, 0.29) is 16.3 Å². The molecule has 3 aromatic carbocycles. The molecule has 1 N–H and O–H groups in total. The van der Waals surface area contributed by atoms with Gasteiger partial charge < -0.3 is 14.8 Å². The lowest BCUT2D eigenvalue weighted by molar-refractivity contribution is 0.103. The zero-order chi connectivity index (χ0) is 23.2. The van der Waals surface area contributed by atoms with Crippen molar-refractivity contribution in [2.45, 2.75) is 0 Å². The highest BCUT2D eigenvalue weighted by atomic mass is 32.1. The fourth-order valence-electron chi connectivity index (χ4n) is 3.08. The summed E-state index contributed by atoms with van der Waals surface area (Å²) in [7, 11) is 3.16. The Morgan fingerprint density at radius 1 is 0.879 bits per heavy atom. The first-order chi connectivity index (χ1) is 16.1. The average molecular weight is 460 g/mol. The molecule has 0 atom stereocenters. The Labute approximate surface area is 194 Å². The molecule has 0 fully saturated rings. The molecule has 4 rings (SSSR count). The van der Waals surface area contributed by atoms with Gasteiger partial charge in [-0.05, 0) is 60.7 Å². The highest BCUT2D eigenvalue weighted by molar-refractivity contribution is 7.11. The molecule has 0 saturated carbocycles. The quantitative estimate of drug-likeness (QED) is 0.463. The van der Waals surface area contributed by atoms with Gasteiger partial charge in [0.05, 0.1) is 25.6 Å². The van der Waals surface area contributed by atoms with Crippen molar-refractivity contribution in [2.24, 2.45) is 4.99 Å². The number of carbonyl (C=O) groups is 1. The molecule has 0 aliphatic heterocycles. The number of hydrogen-bond donors (Lipinski definition) is 1. The van der Waals surface area contributed by atoms with Crippen LogP contribution < -0.4 is 25.2 Å². The Balaban J connectivity index is 1.83. The summed E-state index contributed by atoms with van der Waals surface area (Å²) in [6.45, 7) is 0. The van der Waals surface area contributed by atoms with E-state index in [1.807, 2.05) is 18.2 Å². The van der Waals surface area contributed by atoms with Crippen LogP contribution in [0.4, 0.5) is 11.4 Å². The first kappa shape index (κ1) is 22.0. The number of rotatable bonds is 6. The lowest BCUT2D eigenvalue weighted by Crippen LogP contribution is -2.31. The van der Waals surface area contributed by atoms with Gasteiger partial charge in [0, 0.05) is 11.8 Å². The number of nitrogens with zero attached hydrogens (tertiary/aromatic N) is 2. The lowest BCUT2D eigenvalue weighted by atomic mass is 10.3. The molecule has 0 aliphatic carbocycles. The Morgan fingerprint density at radius 2 is 1.48 bits per heavy atom. The zero-order valence-electron chi connectivity index (χ0n) is 18.0. The Kier molecular flexibility index (Phi) is 6.66. The fraction of sp³-hybridized carbons (Fsp3) is 0.0800. The Bertz CT molecular complexity index is 1380. The molecule has 1 heterocycles. The van der Waals surface area contributed by atoms with Crippen molar-refractivity contribution in [3.8, 4) is 17.2 Å². The number of aromatic nitrogens is 1. The maximum atomic E-state index is 13.1. The number of methoxy groups -OCH3 is 2. The summed E-state index contributed by atoms with van der Waals surface area (Å²) in [5, 5.41) is 2.81. The second-order valence-electron chi connectivity index (χ2n) is 6.89. The monoisotopic (exact) mass is 459 g/mol. The van der Waals surface area contributed by atoms with Gasteiger partial charge in [-0.1, -0.05) is 29.5 Å². The summed E-state index contributed by atoms with van der Waals surface area (Å²) in [5.41, 5.74) is 1.50. The van der Waals surface area contributed by atoms with Gasteiger partial charge in [-0.15, -0.1) is 0 Å². The third kappa shape index (κ3) is 5.19. The van der Waals surface area contributed by atoms with Crippen LogP contribution >= 0.6 is 11.3 Å². The van der Waals surface area contributed by atoms with Gasteiger partial charge in [0.25, 0.3) is 11.5 Å². The first-order valence-electron chi connectivity index (χ1n) is 10.0. The second-order valence-corrected chi connectivity index (χ2v) is 7.90. The van der Waals surface area contributed by atoms with E-state index in [1.165, 1.54) is 10.6 Å². The molecular weight excluding hydrogens is 438 g/mol. The highest BCUT2D eigenvalue weighted by Gasteiger charge is 2.13. The number of amides is 1. The third-order valence-electron chi connectivity index (χ3n) is 4.75. The van der Waals surface area contributed by atoms with Gasteiger partial charge in [0.2, 0.25) is 0 Å². The van der Waals surface area contributed by atoms with Gasteiger partial charge in [0.15, 0.2) is 4.80 Å². The van der Waals surface area contributed by atoms with Crippen LogP contribution in [0.3, 0.4) is 0 Å². The van der Waals surface area contributed by atoms with E-state index in [0.717, 1.165) is 11.3 Å². The van der Waals surface area contributed by atoms with Crippen LogP contribution in [-0.4, -0.2) is 24.7 Å². The van der Waals surface area contributed by atoms with E-state index in [2.05, 4.69) is 10.3 Å². The molecule has 33 heavy (non-hydrogen) atoms. The first-order valence-corrected chi connectivity index (χ1v) is 10.9. The second kappa shape index (κ2) is 9.97. The largest absolute Gasteiger partial charge is 0.497 e. The standard InChI is InChI=1S/C25H21N3O4S/c1-31-20-12-8-18(9-13-20)27-25-28(19-10-14-21(32-2)15-11-19)23(29)16-22(33-25)24(30)26-17-6-4-3-5-7-17/h3-16H,1-2H3,(H,26,30). The van der Waals surface area contributed by atoms with E-state index in [0.29, 0.717) is 33.4 Å². The Morgan fingerprint density at radius 3 is 2.09 bits per heavy atom. The normalized spacial score (nSPS) is 11.2. The number of para-hydroxylation sites is 1. The number of benzene rings is 3. The third-order valence-corrected chi connectivity index (χ3v) is 5.73. The molecule has 0 spiro atoms. The summed E-state index contributed by atoms with van der Waals surface area (Å²) < 4.78 is 11.9. The summed E-state index contributed by atoms with van der Waals surface area (Å²) in [5.74, 6) is 0.987. The summed E-state index contributed by atoms with van der Waals surface area (Å²) in [6.07, 6.45) is 0. The molecule has 0 aliphatic rings. The molecule has 8 heteroatoms. The van der Waals surface area contributed by atoms with Crippen LogP contribution in [0.15, 0.2) is 94.7 Å². The van der Waals surface area contributed by atoms with Gasteiger partial charge in [-0.2, -0.15) is 0 Å². The maximum absolute atomic E-state index is 13.1. The van der Waals surface area contributed by atoms with Crippen molar-refractivity contribution in [1.82, 2.24) is 4.57 Å². The average Bonchev–Trinajstić information content (AvgIpc) is 2.85. The number of anilines is 1. The number of ether oxygens (including phenoxy) is 2. The van der Waals surface area contributed by atoms with Crippen LogP contribution in [0, 0.1) is 0 Å². The van der Waals surface area contributed by atoms with Crippen molar-refractivity contribution in [1.29, 1.82) is 0 Å². The van der Waals surface area contributed by atoms with Gasteiger partial charge in [-0.3, -0.25) is 14.2 Å². The smallest absolute Gasteiger partial charge is 0.266 e. The number of nitrogens with one attached hydrogen (secondary N) is 1. The van der Waals surface area contributed by atoms with Crippen LogP contribution in [0.2, 0.25) is 0 Å². The van der Waals surface area contributed by atoms with E-state index in [9.17, 15) is 9.59 Å².